The lowest BCUT2D eigenvalue weighted by Crippen LogP contribution is -2.41. The molecule has 0 unspecified atom stereocenters. The van der Waals surface area contributed by atoms with E-state index in [1.807, 2.05) is 32.9 Å². The number of carbonyl (C=O) groups excluding carboxylic acids is 1. The fraction of sp³-hybridized carbons (Fsp3) is 0.562. The number of amides is 1. The molecule has 3 heteroatoms. The Morgan fingerprint density at radius 3 is 2.74 bits per heavy atom. The van der Waals surface area contributed by atoms with Crippen LogP contribution in [0, 0.1) is 5.92 Å². The Balaban J connectivity index is 2.26. The molecule has 0 fully saturated rings. The van der Waals surface area contributed by atoms with Gasteiger partial charge in [-0.1, -0.05) is 31.2 Å². The maximum Gasteiger partial charge on any atom is 0.220 e. The predicted octanol–water partition coefficient (Wildman–Crippen LogP) is 2.59. The van der Waals surface area contributed by atoms with E-state index in [1.165, 1.54) is 5.56 Å². The molecule has 104 valence electrons. The van der Waals surface area contributed by atoms with Gasteiger partial charge in [-0.2, -0.15) is 0 Å². The predicted molar refractivity (Wildman–Crippen MR) is 75.7 cm³/mol. The number of carbonyl (C=O) groups is 1. The molecule has 1 aliphatic rings. The summed E-state index contributed by atoms with van der Waals surface area (Å²) < 4.78 is 0. The molecule has 2 atom stereocenters. The Morgan fingerprint density at radius 2 is 2.11 bits per heavy atom. The summed E-state index contributed by atoms with van der Waals surface area (Å²) in [6, 6.07) is 8.06. The van der Waals surface area contributed by atoms with E-state index in [-0.39, 0.29) is 17.9 Å². The van der Waals surface area contributed by atoms with Crippen molar-refractivity contribution < 1.29 is 9.90 Å². The Bertz CT molecular complexity index is 462. The molecule has 0 heterocycles. The van der Waals surface area contributed by atoms with Gasteiger partial charge in [-0.25, -0.2) is 0 Å². The van der Waals surface area contributed by atoms with Gasteiger partial charge in [0, 0.05) is 12.3 Å². The third-order valence-corrected chi connectivity index (χ3v) is 3.93. The molecule has 19 heavy (non-hydrogen) atoms. The van der Waals surface area contributed by atoms with E-state index in [0.717, 1.165) is 18.4 Å². The molecule has 2 N–H and O–H groups in total. The van der Waals surface area contributed by atoms with Gasteiger partial charge in [0.05, 0.1) is 11.6 Å². The average Bonchev–Trinajstić information content (AvgIpc) is 2.69. The minimum atomic E-state index is -0.802. The van der Waals surface area contributed by atoms with Crippen LogP contribution in [0.15, 0.2) is 24.3 Å². The van der Waals surface area contributed by atoms with Gasteiger partial charge in [-0.3, -0.25) is 4.79 Å². The molecular weight excluding hydrogens is 238 g/mol. The van der Waals surface area contributed by atoms with Crippen LogP contribution in [0.4, 0.5) is 0 Å². The highest BCUT2D eigenvalue weighted by Gasteiger charge is 2.41. The Morgan fingerprint density at radius 1 is 1.42 bits per heavy atom. The van der Waals surface area contributed by atoms with E-state index in [2.05, 4.69) is 17.4 Å². The third kappa shape index (κ3) is 2.98. The van der Waals surface area contributed by atoms with Crippen molar-refractivity contribution in [2.24, 2.45) is 5.92 Å². The maximum absolute atomic E-state index is 11.9. The van der Waals surface area contributed by atoms with Crippen molar-refractivity contribution in [3.63, 3.8) is 0 Å². The maximum atomic E-state index is 11.9. The van der Waals surface area contributed by atoms with Gasteiger partial charge < -0.3 is 10.4 Å². The zero-order chi connectivity index (χ0) is 14.0. The SMILES string of the molecule is CCCC(=O)N[C@H]1c2ccccc2C[C@@H]1C(C)(C)O. The highest BCUT2D eigenvalue weighted by atomic mass is 16.3. The van der Waals surface area contributed by atoms with Gasteiger partial charge >= 0.3 is 0 Å². The third-order valence-electron chi connectivity index (χ3n) is 3.93. The van der Waals surface area contributed by atoms with Crippen LogP contribution in [0.1, 0.15) is 50.8 Å². The van der Waals surface area contributed by atoms with E-state index in [1.54, 1.807) is 0 Å². The first-order valence-corrected chi connectivity index (χ1v) is 7.03. The van der Waals surface area contributed by atoms with Gasteiger partial charge in [0.2, 0.25) is 5.91 Å². The van der Waals surface area contributed by atoms with E-state index in [0.29, 0.717) is 6.42 Å². The van der Waals surface area contributed by atoms with E-state index in [9.17, 15) is 9.90 Å². The molecule has 0 radical (unpaired) electrons. The normalized spacial score (nSPS) is 22.1. The summed E-state index contributed by atoms with van der Waals surface area (Å²) in [4.78, 5) is 11.9. The molecule has 0 aliphatic heterocycles. The fourth-order valence-corrected chi connectivity index (χ4v) is 2.90. The summed E-state index contributed by atoms with van der Waals surface area (Å²) in [6.07, 6.45) is 2.20. The second kappa shape index (κ2) is 5.33. The van der Waals surface area contributed by atoms with Crippen LogP contribution in [-0.4, -0.2) is 16.6 Å². The number of nitrogens with one attached hydrogen (secondary N) is 1. The van der Waals surface area contributed by atoms with Gasteiger partial charge in [-0.15, -0.1) is 0 Å². The van der Waals surface area contributed by atoms with Gasteiger partial charge in [0.1, 0.15) is 0 Å². The van der Waals surface area contributed by atoms with Crippen molar-refractivity contribution >= 4 is 5.91 Å². The smallest absolute Gasteiger partial charge is 0.220 e. The lowest BCUT2D eigenvalue weighted by molar-refractivity contribution is -0.122. The molecule has 1 aromatic rings. The van der Waals surface area contributed by atoms with Crippen LogP contribution in [-0.2, 0) is 11.2 Å². The quantitative estimate of drug-likeness (QED) is 0.875. The first kappa shape index (κ1) is 14.1. The van der Waals surface area contributed by atoms with E-state index in [4.69, 9.17) is 0 Å². The zero-order valence-electron chi connectivity index (χ0n) is 11.9. The minimum Gasteiger partial charge on any atom is -0.390 e. The second-order valence-corrected chi connectivity index (χ2v) is 5.96. The van der Waals surface area contributed by atoms with Crippen LogP contribution >= 0.6 is 0 Å². The van der Waals surface area contributed by atoms with Gasteiger partial charge in [-0.05, 0) is 37.8 Å². The van der Waals surface area contributed by atoms with E-state index < -0.39 is 5.60 Å². The standard InChI is InChI=1S/C16H23NO2/c1-4-7-14(18)17-15-12-9-6-5-8-11(12)10-13(15)16(2,3)19/h5-6,8-9,13,15,19H,4,7,10H2,1-3H3,(H,17,18)/t13-,15-/m0/s1. The molecule has 0 saturated carbocycles. The number of hydrogen-bond donors (Lipinski definition) is 2. The van der Waals surface area contributed by atoms with Crippen molar-refractivity contribution in [2.45, 2.75) is 51.7 Å². The molecule has 3 nitrogen and oxygen atoms in total. The van der Waals surface area contributed by atoms with Crippen LogP contribution in [0.2, 0.25) is 0 Å². The Labute approximate surface area is 115 Å². The lowest BCUT2D eigenvalue weighted by atomic mass is 9.85. The number of fused-ring (bicyclic) bond motifs is 1. The summed E-state index contributed by atoms with van der Waals surface area (Å²) in [6.45, 7) is 5.64. The zero-order valence-corrected chi connectivity index (χ0v) is 11.9. The second-order valence-electron chi connectivity index (χ2n) is 5.96. The molecular formula is C16H23NO2. The highest BCUT2D eigenvalue weighted by molar-refractivity contribution is 5.76. The first-order valence-electron chi connectivity index (χ1n) is 7.03. The first-order chi connectivity index (χ1) is 8.93. The summed E-state index contributed by atoms with van der Waals surface area (Å²) in [5.74, 6) is 0.101. The number of rotatable bonds is 4. The topological polar surface area (TPSA) is 49.3 Å². The average molecular weight is 261 g/mol. The molecule has 2 rings (SSSR count). The lowest BCUT2D eigenvalue weighted by Gasteiger charge is -2.31. The summed E-state index contributed by atoms with van der Waals surface area (Å²) >= 11 is 0. The van der Waals surface area contributed by atoms with Gasteiger partial charge in [0.15, 0.2) is 0 Å². The summed E-state index contributed by atoms with van der Waals surface area (Å²) in [7, 11) is 0. The van der Waals surface area contributed by atoms with Crippen LogP contribution in [0.3, 0.4) is 0 Å². The fourth-order valence-electron chi connectivity index (χ4n) is 2.90. The molecule has 0 spiro atoms. The van der Waals surface area contributed by atoms with Crippen molar-refractivity contribution in [3.8, 4) is 0 Å². The minimum absolute atomic E-state index is 0.0331. The molecule has 0 saturated heterocycles. The van der Waals surface area contributed by atoms with Crippen molar-refractivity contribution in [1.29, 1.82) is 0 Å². The molecule has 1 aliphatic carbocycles. The monoisotopic (exact) mass is 261 g/mol. The van der Waals surface area contributed by atoms with Gasteiger partial charge in [0.25, 0.3) is 0 Å². The van der Waals surface area contributed by atoms with E-state index >= 15 is 0 Å². The number of benzene rings is 1. The summed E-state index contributed by atoms with van der Waals surface area (Å²) in [5, 5.41) is 13.4. The largest absolute Gasteiger partial charge is 0.390 e. The molecule has 1 amide bonds. The van der Waals surface area contributed by atoms with Crippen LogP contribution < -0.4 is 5.32 Å². The van der Waals surface area contributed by atoms with Crippen molar-refractivity contribution in [3.05, 3.63) is 35.4 Å². The van der Waals surface area contributed by atoms with Crippen molar-refractivity contribution in [2.75, 3.05) is 0 Å². The van der Waals surface area contributed by atoms with Crippen molar-refractivity contribution in [1.82, 2.24) is 5.32 Å². The van der Waals surface area contributed by atoms with Crippen LogP contribution in [0.5, 0.6) is 0 Å². The number of hydrogen-bond acceptors (Lipinski definition) is 2. The summed E-state index contributed by atoms with van der Waals surface area (Å²) in [5.41, 5.74) is 1.58. The molecule has 0 aromatic heterocycles. The molecule has 1 aromatic carbocycles. The Kier molecular flexibility index (Phi) is 3.95. The van der Waals surface area contributed by atoms with Crippen LogP contribution in [0.25, 0.3) is 0 Å². The molecule has 0 bridgehead atoms. The number of aliphatic hydroxyl groups is 1. The highest BCUT2D eigenvalue weighted by Crippen LogP contribution is 2.41. The Hall–Kier alpha value is -1.35.